The molecule has 0 unspecified atom stereocenters. The molecule has 1 heterocycles. The van der Waals surface area contributed by atoms with E-state index in [4.69, 9.17) is 14.5 Å². The Bertz CT molecular complexity index is 1310. The maximum absolute atomic E-state index is 11.9. The number of carbonyl (C=O) groups excluding carboxylic acids is 1. The van der Waals surface area contributed by atoms with Gasteiger partial charge in [-0.05, 0) is 42.8 Å². The van der Waals surface area contributed by atoms with Gasteiger partial charge >= 0.3 is 0 Å². The third-order valence-corrected chi connectivity index (χ3v) is 5.72. The number of hydrogen-bond acceptors (Lipinski definition) is 4. The van der Waals surface area contributed by atoms with Crippen LogP contribution in [0.15, 0.2) is 77.3 Å². The van der Waals surface area contributed by atoms with Gasteiger partial charge in [-0.3, -0.25) is 4.79 Å². The Kier molecular flexibility index (Phi) is 6.37. The molecule has 0 aliphatic heterocycles. The molecule has 0 spiro atoms. The molecule has 0 fully saturated rings. The molecule has 4 nitrogen and oxygen atoms in total. The molecule has 0 saturated heterocycles. The van der Waals surface area contributed by atoms with Gasteiger partial charge in [-0.2, -0.15) is 0 Å². The number of ketones is 1. The minimum Gasteiger partial charge on any atom is -0.493 e. The Labute approximate surface area is 195 Å². The number of methoxy groups -OCH3 is 2. The number of aromatic nitrogens is 1. The first-order valence-electron chi connectivity index (χ1n) is 10.1. The number of pyridine rings is 1. The lowest BCUT2D eigenvalue weighted by molar-refractivity contribution is -0.112. The van der Waals surface area contributed by atoms with Crippen molar-refractivity contribution in [2.45, 2.75) is 6.92 Å². The minimum absolute atomic E-state index is 0.0295. The second kappa shape index (κ2) is 9.37. The van der Waals surface area contributed by atoms with Crippen LogP contribution in [0.1, 0.15) is 12.5 Å². The molecule has 0 N–H and O–H groups in total. The van der Waals surface area contributed by atoms with Crippen LogP contribution in [0.4, 0.5) is 0 Å². The van der Waals surface area contributed by atoms with Crippen molar-refractivity contribution in [1.29, 1.82) is 0 Å². The van der Waals surface area contributed by atoms with Crippen LogP contribution in [0, 0.1) is 0 Å². The summed E-state index contributed by atoms with van der Waals surface area (Å²) < 4.78 is 12.1. The fraction of sp³-hybridized carbons (Fsp3) is 0.111. The maximum Gasteiger partial charge on any atom is 0.162 e. The van der Waals surface area contributed by atoms with E-state index in [0.29, 0.717) is 11.5 Å². The molecule has 4 rings (SSSR count). The summed E-state index contributed by atoms with van der Waals surface area (Å²) in [6, 6.07) is 21.9. The first kappa shape index (κ1) is 21.8. The van der Waals surface area contributed by atoms with Crippen LogP contribution in [0.25, 0.3) is 39.4 Å². The van der Waals surface area contributed by atoms with Crippen molar-refractivity contribution in [2.75, 3.05) is 14.2 Å². The average molecular weight is 488 g/mol. The number of allylic oxidation sites excluding steroid dienone is 1. The van der Waals surface area contributed by atoms with Crippen molar-refractivity contribution in [3.05, 3.63) is 82.8 Å². The average Bonchev–Trinajstić information content (AvgIpc) is 2.82. The molecule has 0 aliphatic carbocycles. The lowest BCUT2D eigenvalue weighted by Crippen LogP contribution is -1.98. The summed E-state index contributed by atoms with van der Waals surface area (Å²) in [5.41, 5.74) is 5.38. The lowest BCUT2D eigenvalue weighted by Gasteiger charge is -2.18. The van der Waals surface area contributed by atoms with Gasteiger partial charge < -0.3 is 9.47 Å². The van der Waals surface area contributed by atoms with E-state index in [1.807, 2.05) is 60.7 Å². The van der Waals surface area contributed by atoms with Gasteiger partial charge in [0.05, 0.1) is 25.4 Å². The van der Waals surface area contributed by atoms with E-state index < -0.39 is 0 Å². The summed E-state index contributed by atoms with van der Waals surface area (Å²) in [6.07, 6.45) is 3.43. The molecule has 32 heavy (non-hydrogen) atoms. The van der Waals surface area contributed by atoms with E-state index in [2.05, 4.69) is 28.1 Å². The Morgan fingerprint density at radius 2 is 1.56 bits per heavy atom. The normalized spacial score (nSPS) is 11.1. The zero-order valence-corrected chi connectivity index (χ0v) is 19.6. The van der Waals surface area contributed by atoms with Crippen molar-refractivity contribution in [2.24, 2.45) is 0 Å². The standard InChI is InChI=1S/C27H22BrNO3/c1-17(30)9-14-21-26(18-10-12-20(28)13-11-18)22-15-24(31-2)25(32-3)16-23(22)29-27(21)19-7-5-4-6-8-19/h4-16H,1-3H3/b14-9-. The number of hydrogen-bond donors (Lipinski definition) is 0. The third kappa shape index (κ3) is 4.30. The van der Waals surface area contributed by atoms with Crippen molar-refractivity contribution in [1.82, 2.24) is 4.98 Å². The van der Waals surface area contributed by atoms with Gasteiger partial charge in [0.2, 0.25) is 0 Å². The predicted molar refractivity (Wildman–Crippen MR) is 133 cm³/mol. The zero-order chi connectivity index (χ0) is 22.7. The smallest absolute Gasteiger partial charge is 0.162 e. The summed E-state index contributed by atoms with van der Waals surface area (Å²) >= 11 is 3.52. The third-order valence-electron chi connectivity index (χ3n) is 5.19. The van der Waals surface area contributed by atoms with Gasteiger partial charge in [0.15, 0.2) is 17.3 Å². The Morgan fingerprint density at radius 1 is 0.906 bits per heavy atom. The van der Waals surface area contributed by atoms with E-state index in [-0.39, 0.29) is 5.78 Å². The highest BCUT2D eigenvalue weighted by atomic mass is 79.9. The summed E-state index contributed by atoms with van der Waals surface area (Å²) in [5, 5.41) is 0.910. The fourth-order valence-electron chi connectivity index (χ4n) is 3.71. The quantitative estimate of drug-likeness (QED) is 0.276. The van der Waals surface area contributed by atoms with Crippen LogP contribution in [-0.4, -0.2) is 25.0 Å². The summed E-state index contributed by atoms with van der Waals surface area (Å²) in [4.78, 5) is 16.9. The fourth-order valence-corrected chi connectivity index (χ4v) is 3.98. The Balaban J connectivity index is 2.18. The number of carbonyl (C=O) groups is 1. The van der Waals surface area contributed by atoms with E-state index in [1.54, 1.807) is 27.2 Å². The van der Waals surface area contributed by atoms with Gasteiger partial charge in [-0.25, -0.2) is 4.98 Å². The van der Waals surface area contributed by atoms with Gasteiger partial charge in [0, 0.05) is 32.6 Å². The monoisotopic (exact) mass is 487 g/mol. The van der Waals surface area contributed by atoms with Gasteiger partial charge in [0.1, 0.15) is 0 Å². The van der Waals surface area contributed by atoms with Crippen molar-refractivity contribution >= 4 is 38.7 Å². The Hall–Kier alpha value is -3.44. The maximum atomic E-state index is 11.9. The highest BCUT2D eigenvalue weighted by molar-refractivity contribution is 9.10. The molecule has 3 aromatic carbocycles. The molecule has 0 bridgehead atoms. The summed E-state index contributed by atoms with van der Waals surface area (Å²) in [6.45, 7) is 1.54. The van der Waals surface area contributed by atoms with Crippen molar-refractivity contribution in [3.63, 3.8) is 0 Å². The van der Waals surface area contributed by atoms with Crippen LogP contribution >= 0.6 is 15.9 Å². The number of nitrogens with zero attached hydrogens (tertiary/aromatic N) is 1. The summed E-state index contributed by atoms with van der Waals surface area (Å²) in [5.74, 6) is 1.20. The molecule has 5 heteroatoms. The molecule has 0 atom stereocenters. The zero-order valence-electron chi connectivity index (χ0n) is 18.1. The summed E-state index contributed by atoms with van der Waals surface area (Å²) in [7, 11) is 3.23. The van der Waals surface area contributed by atoms with Gasteiger partial charge in [-0.1, -0.05) is 58.4 Å². The first-order valence-corrected chi connectivity index (χ1v) is 10.9. The van der Waals surface area contributed by atoms with Crippen molar-refractivity contribution in [3.8, 4) is 33.9 Å². The molecule has 0 radical (unpaired) electrons. The Morgan fingerprint density at radius 3 is 2.19 bits per heavy atom. The number of halogens is 1. The van der Waals surface area contributed by atoms with E-state index >= 15 is 0 Å². The lowest BCUT2D eigenvalue weighted by atomic mass is 9.91. The topological polar surface area (TPSA) is 48.4 Å². The van der Waals surface area contributed by atoms with E-state index in [9.17, 15) is 4.79 Å². The van der Waals surface area contributed by atoms with Gasteiger partial charge in [0.25, 0.3) is 0 Å². The number of ether oxygens (including phenoxy) is 2. The highest BCUT2D eigenvalue weighted by Crippen LogP contribution is 2.42. The minimum atomic E-state index is -0.0295. The van der Waals surface area contributed by atoms with Crippen LogP contribution in [0.5, 0.6) is 11.5 Å². The molecule has 0 amide bonds. The SMILES string of the molecule is COc1cc2nc(-c3ccccc3)c(/C=C\C(C)=O)c(-c3ccc(Br)cc3)c2cc1OC. The molecule has 0 aliphatic rings. The second-order valence-electron chi connectivity index (χ2n) is 7.29. The van der Waals surface area contributed by atoms with Crippen LogP contribution in [0.3, 0.4) is 0 Å². The van der Waals surface area contributed by atoms with Crippen LogP contribution in [-0.2, 0) is 4.79 Å². The first-order chi connectivity index (χ1) is 15.5. The van der Waals surface area contributed by atoms with E-state index in [0.717, 1.165) is 43.3 Å². The van der Waals surface area contributed by atoms with Crippen molar-refractivity contribution < 1.29 is 14.3 Å². The second-order valence-corrected chi connectivity index (χ2v) is 8.21. The molecular weight excluding hydrogens is 466 g/mol. The van der Waals surface area contributed by atoms with E-state index in [1.165, 1.54) is 0 Å². The van der Waals surface area contributed by atoms with Crippen LogP contribution < -0.4 is 9.47 Å². The van der Waals surface area contributed by atoms with Crippen LogP contribution in [0.2, 0.25) is 0 Å². The number of rotatable bonds is 6. The van der Waals surface area contributed by atoms with Gasteiger partial charge in [-0.15, -0.1) is 0 Å². The molecular formula is C27H22BrNO3. The largest absolute Gasteiger partial charge is 0.493 e. The predicted octanol–water partition coefficient (Wildman–Crippen LogP) is 6.95. The number of benzene rings is 3. The highest BCUT2D eigenvalue weighted by Gasteiger charge is 2.19. The number of fused-ring (bicyclic) bond motifs is 1. The molecule has 4 aromatic rings. The molecule has 1 aromatic heterocycles. The molecule has 0 saturated carbocycles. The molecule has 160 valence electrons.